The van der Waals surface area contributed by atoms with Gasteiger partial charge in [0.25, 0.3) is 5.56 Å². The van der Waals surface area contributed by atoms with Crippen LogP contribution in [0.4, 0.5) is 11.6 Å². The predicted molar refractivity (Wildman–Crippen MR) is 176 cm³/mol. The third-order valence-corrected chi connectivity index (χ3v) is 10.4. The highest BCUT2D eigenvalue weighted by Gasteiger charge is 2.27. The topological polar surface area (TPSA) is 128 Å². The first-order valence-corrected chi connectivity index (χ1v) is 17.1. The summed E-state index contributed by atoms with van der Waals surface area (Å²) < 4.78 is 40.3. The summed E-state index contributed by atoms with van der Waals surface area (Å²) in [5, 5.41) is 7.06. The minimum Gasteiger partial charge on any atom is -0.490 e. The molecule has 0 amide bonds. The summed E-state index contributed by atoms with van der Waals surface area (Å²) in [6.07, 6.45) is 7.92. The summed E-state index contributed by atoms with van der Waals surface area (Å²) in [5.74, 6) is 1.11. The summed E-state index contributed by atoms with van der Waals surface area (Å²) in [6.45, 7) is 3.92. The quantitative estimate of drug-likeness (QED) is 0.197. The Morgan fingerprint density at radius 3 is 2.57 bits per heavy atom. The zero-order chi connectivity index (χ0) is 31.7. The molecule has 46 heavy (non-hydrogen) atoms. The van der Waals surface area contributed by atoms with Crippen molar-refractivity contribution < 1.29 is 17.6 Å². The van der Waals surface area contributed by atoms with Crippen molar-refractivity contribution in [1.29, 1.82) is 0 Å². The van der Waals surface area contributed by atoms with Crippen LogP contribution >= 0.6 is 0 Å². The zero-order valence-corrected chi connectivity index (χ0v) is 26.3. The van der Waals surface area contributed by atoms with Gasteiger partial charge in [-0.1, -0.05) is 23.8 Å². The van der Waals surface area contributed by atoms with Crippen LogP contribution in [0.15, 0.2) is 104 Å². The molecule has 1 aliphatic heterocycles. The Bertz CT molecular complexity index is 2080. The summed E-state index contributed by atoms with van der Waals surface area (Å²) in [4.78, 5) is 23.6. The second kappa shape index (κ2) is 12.6. The second-order valence-electron chi connectivity index (χ2n) is 11.8. The fourth-order valence-electron chi connectivity index (χ4n) is 6.24. The number of pyridine rings is 1. The van der Waals surface area contributed by atoms with Gasteiger partial charge in [-0.2, -0.15) is 4.98 Å². The van der Waals surface area contributed by atoms with Crippen molar-refractivity contribution in [1.82, 2.24) is 19.9 Å². The number of nitrogens with one attached hydrogen (secondary N) is 2. The van der Waals surface area contributed by atoms with Gasteiger partial charge in [0.05, 0.1) is 17.7 Å². The van der Waals surface area contributed by atoms with E-state index < -0.39 is 9.84 Å². The van der Waals surface area contributed by atoms with E-state index >= 15 is 0 Å². The molecule has 0 radical (unpaired) electrons. The molecule has 0 spiro atoms. The highest BCUT2D eigenvalue weighted by molar-refractivity contribution is 7.91. The largest absolute Gasteiger partial charge is 0.490 e. The maximum Gasteiger partial charge on any atom is 0.260 e. The Kier molecular flexibility index (Phi) is 8.18. The SMILES string of the molecule is CC1=C(c2cc3cnc(Nc4ccc(OC5CCNCC5)cc4)nc3n(Cc3ccoc3S(=O)(=O)c3ccccc3)c2=O)CCC1. The Morgan fingerprint density at radius 2 is 1.83 bits per heavy atom. The smallest absolute Gasteiger partial charge is 0.260 e. The highest BCUT2D eigenvalue weighted by Crippen LogP contribution is 2.33. The van der Waals surface area contributed by atoms with E-state index in [9.17, 15) is 13.2 Å². The number of allylic oxidation sites excluding steroid dienone is 2. The van der Waals surface area contributed by atoms with Crippen molar-refractivity contribution in [2.45, 2.75) is 61.7 Å². The fourth-order valence-corrected chi connectivity index (χ4v) is 7.63. The van der Waals surface area contributed by atoms with Gasteiger partial charge in [-0.25, -0.2) is 13.4 Å². The highest BCUT2D eigenvalue weighted by atomic mass is 32.2. The van der Waals surface area contributed by atoms with Crippen LogP contribution in [-0.4, -0.2) is 42.1 Å². The zero-order valence-electron chi connectivity index (χ0n) is 25.5. The molecule has 10 nitrogen and oxygen atoms in total. The van der Waals surface area contributed by atoms with Crippen molar-refractivity contribution >= 4 is 38.1 Å². The van der Waals surface area contributed by atoms with Crippen molar-refractivity contribution in [2.24, 2.45) is 0 Å². The number of piperidine rings is 1. The van der Waals surface area contributed by atoms with Gasteiger partial charge in [-0.05, 0) is 106 Å². The van der Waals surface area contributed by atoms with Gasteiger partial charge in [0.1, 0.15) is 17.5 Å². The summed E-state index contributed by atoms with van der Waals surface area (Å²) >= 11 is 0. The number of aromatic nitrogens is 3. The summed E-state index contributed by atoms with van der Waals surface area (Å²) in [5.41, 5.74) is 4.07. The van der Waals surface area contributed by atoms with Gasteiger partial charge in [-0.15, -0.1) is 0 Å². The molecule has 0 bridgehead atoms. The van der Waals surface area contributed by atoms with Crippen LogP contribution in [-0.2, 0) is 16.4 Å². The molecule has 11 heteroatoms. The number of hydrogen-bond acceptors (Lipinski definition) is 9. The van der Waals surface area contributed by atoms with Crippen LogP contribution in [0.1, 0.15) is 50.2 Å². The molecule has 5 aromatic rings. The molecular weight excluding hydrogens is 602 g/mol. The summed E-state index contributed by atoms with van der Waals surface area (Å²) in [7, 11) is -3.96. The van der Waals surface area contributed by atoms with E-state index in [0.29, 0.717) is 28.1 Å². The first-order chi connectivity index (χ1) is 22.4. The van der Waals surface area contributed by atoms with Gasteiger partial charge in [0.2, 0.25) is 20.9 Å². The summed E-state index contributed by atoms with van der Waals surface area (Å²) in [6, 6.07) is 19.2. The number of rotatable bonds is 9. The molecular formula is C35H35N5O5S. The number of anilines is 2. The normalized spacial score (nSPS) is 15.8. The minimum atomic E-state index is -3.96. The average molecular weight is 638 g/mol. The van der Waals surface area contributed by atoms with Crippen LogP contribution in [0.2, 0.25) is 0 Å². The molecule has 0 saturated carbocycles. The van der Waals surface area contributed by atoms with Crippen LogP contribution in [0.5, 0.6) is 5.75 Å². The lowest BCUT2D eigenvalue weighted by molar-refractivity contribution is 0.162. The predicted octanol–water partition coefficient (Wildman–Crippen LogP) is 6.10. The lowest BCUT2D eigenvalue weighted by Crippen LogP contribution is -2.34. The van der Waals surface area contributed by atoms with E-state index in [2.05, 4.69) is 22.5 Å². The maximum absolute atomic E-state index is 14.2. The van der Waals surface area contributed by atoms with Crippen LogP contribution in [0.25, 0.3) is 16.6 Å². The van der Waals surface area contributed by atoms with E-state index in [1.54, 1.807) is 30.5 Å². The average Bonchev–Trinajstić information content (AvgIpc) is 3.73. The van der Waals surface area contributed by atoms with Gasteiger partial charge < -0.3 is 19.8 Å². The number of sulfone groups is 1. The number of nitrogens with zero attached hydrogens (tertiary/aromatic N) is 3. The fraction of sp³-hybridized carbons (Fsp3) is 0.286. The molecule has 1 fully saturated rings. The number of benzene rings is 2. The monoisotopic (exact) mass is 637 g/mol. The van der Waals surface area contributed by atoms with Crippen molar-refractivity contribution in [3.05, 3.63) is 106 Å². The molecule has 2 aromatic carbocycles. The number of furan rings is 1. The van der Waals surface area contributed by atoms with Crippen LogP contribution in [0, 0.1) is 0 Å². The van der Waals surface area contributed by atoms with Gasteiger partial charge in [-0.3, -0.25) is 9.36 Å². The maximum atomic E-state index is 14.2. The Labute approximate surface area is 267 Å². The van der Waals surface area contributed by atoms with Crippen molar-refractivity contribution in [3.8, 4) is 5.75 Å². The first kappa shape index (κ1) is 29.9. The molecule has 7 rings (SSSR count). The molecule has 4 heterocycles. The first-order valence-electron chi connectivity index (χ1n) is 15.6. The van der Waals surface area contributed by atoms with Gasteiger partial charge >= 0.3 is 0 Å². The molecule has 0 atom stereocenters. The van der Waals surface area contributed by atoms with E-state index in [0.717, 1.165) is 62.2 Å². The number of ether oxygens (including phenoxy) is 1. The third-order valence-electron chi connectivity index (χ3n) is 8.68. The minimum absolute atomic E-state index is 0.0490. The third kappa shape index (κ3) is 5.95. The van der Waals surface area contributed by atoms with E-state index in [-0.39, 0.29) is 28.2 Å². The lowest BCUT2D eigenvalue weighted by Gasteiger charge is -2.23. The van der Waals surface area contributed by atoms with Gasteiger partial charge in [0, 0.05) is 28.4 Å². The van der Waals surface area contributed by atoms with Crippen LogP contribution < -0.4 is 20.9 Å². The molecule has 2 aliphatic rings. The van der Waals surface area contributed by atoms with Crippen molar-refractivity contribution in [2.75, 3.05) is 18.4 Å². The number of fused-ring (bicyclic) bond motifs is 1. The molecule has 3 aromatic heterocycles. The van der Waals surface area contributed by atoms with Crippen molar-refractivity contribution in [3.63, 3.8) is 0 Å². The Morgan fingerprint density at radius 1 is 1.04 bits per heavy atom. The standard InChI is InChI=1S/C35H35N5O5S/c1-23-6-5-9-30(23)31-20-25-21-37-35(38-26-10-12-27(13-11-26)45-28-14-17-36-18-15-28)39-32(25)40(33(31)41)22-24-16-19-44-34(24)46(42,43)29-7-3-2-4-8-29/h2-4,7-8,10-13,16,19-21,28,36H,5-6,9,14-15,17-18,22H2,1H3,(H,37,38,39). The van der Waals surface area contributed by atoms with E-state index in [1.165, 1.54) is 28.5 Å². The molecule has 2 N–H and O–H groups in total. The molecule has 236 valence electrons. The molecule has 0 unspecified atom stereocenters. The molecule has 1 saturated heterocycles. The lowest BCUT2D eigenvalue weighted by atomic mass is 10.0. The van der Waals surface area contributed by atoms with Crippen LogP contribution in [0.3, 0.4) is 0 Å². The Hall–Kier alpha value is -4.74. The van der Waals surface area contributed by atoms with E-state index in [4.69, 9.17) is 14.1 Å². The van der Waals surface area contributed by atoms with Gasteiger partial charge in [0.15, 0.2) is 0 Å². The Balaban J connectivity index is 1.25. The second-order valence-corrected chi connectivity index (χ2v) is 13.6. The van der Waals surface area contributed by atoms with E-state index in [1.807, 2.05) is 30.3 Å². The number of hydrogen-bond donors (Lipinski definition) is 2. The molecule has 1 aliphatic carbocycles.